The molecule has 10 heteroatoms. The summed E-state index contributed by atoms with van der Waals surface area (Å²) in [6.07, 6.45) is -1.85. The fourth-order valence-electron chi connectivity index (χ4n) is 0.979. The Hall–Kier alpha value is -2.12. The van der Waals surface area contributed by atoms with Gasteiger partial charge in [0.25, 0.3) is 0 Å². The van der Waals surface area contributed by atoms with Crippen molar-refractivity contribution in [2.75, 3.05) is 0 Å². The van der Waals surface area contributed by atoms with E-state index < -0.39 is 20.3 Å². The zero-order valence-corrected chi connectivity index (χ0v) is 10.0. The molecule has 0 saturated heterocycles. The Bertz CT molecular complexity index is 459. The van der Waals surface area contributed by atoms with E-state index in [1.54, 1.807) is 0 Å². The molecule has 0 aliphatic rings. The average molecular weight is 276 g/mol. The van der Waals surface area contributed by atoms with Crippen molar-refractivity contribution in [3.05, 3.63) is 23.7 Å². The number of amides is 2. The quantitative estimate of drug-likeness (QED) is 0.671. The standard InChI is InChI=1S/C8H10N3O6P/c9-7(12)15-3-5-1-2-6(17-5)4-16-8(13)11-18(10)14/h1-2H,3-4H2,(H4-,9,10,11,12,13,14)/p+1. The predicted molar refractivity (Wildman–Crippen MR) is 58.2 cm³/mol. The number of rotatable bonds is 5. The van der Waals surface area contributed by atoms with Crippen LogP contribution in [0, 0.1) is 0 Å². The van der Waals surface area contributed by atoms with Gasteiger partial charge in [-0.05, 0) is 16.7 Å². The van der Waals surface area contributed by atoms with Gasteiger partial charge in [-0.15, -0.1) is 0 Å². The first-order valence-corrected chi connectivity index (χ1v) is 5.95. The van der Waals surface area contributed by atoms with Crippen LogP contribution in [0.15, 0.2) is 16.5 Å². The molecule has 5 N–H and O–H groups in total. The largest absolute Gasteiger partial charge is 0.564 e. The number of primary amides is 1. The molecule has 1 rings (SSSR count). The summed E-state index contributed by atoms with van der Waals surface area (Å²) >= 11 is 0. The minimum absolute atomic E-state index is 0.115. The van der Waals surface area contributed by atoms with Gasteiger partial charge in [-0.2, -0.15) is 0 Å². The van der Waals surface area contributed by atoms with Crippen LogP contribution in [0.25, 0.3) is 0 Å². The van der Waals surface area contributed by atoms with Crippen molar-refractivity contribution in [1.82, 2.24) is 5.09 Å². The van der Waals surface area contributed by atoms with E-state index in [0.29, 0.717) is 11.5 Å². The molecule has 0 bridgehead atoms. The van der Waals surface area contributed by atoms with E-state index in [-0.39, 0.29) is 13.2 Å². The second kappa shape index (κ2) is 6.58. The Morgan fingerprint density at radius 1 is 1.28 bits per heavy atom. The SMILES string of the molecule is NC(=O)OCc1ccc(COC(=O)N[P+](N)=O)o1. The molecule has 98 valence electrons. The molecule has 0 saturated carbocycles. The van der Waals surface area contributed by atoms with Crippen molar-refractivity contribution < 1.29 is 28.0 Å². The Balaban J connectivity index is 2.37. The third-order valence-electron chi connectivity index (χ3n) is 1.62. The number of hydrogen-bond donors (Lipinski definition) is 3. The number of nitrogens with two attached hydrogens (primary N) is 2. The highest BCUT2D eigenvalue weighted by Gasteiger charge is 2.15. The van der Waals surface area contributed by atoms with Crippen LogP contribution in [0.2, 0.25) is 0 Å². The molecule has 2 amide bonds. The van der Waals surface area contributed by atoms with E-state index in [9.17, 15) is 14.2 Å². The number of hydrogen-bond acceptors (Lipinski definition) is 6. The Kier molecular flexibility index (Phi) is 5.09. The average Bonchev–Trinajstić information content (AvgIpc) is 2.70. The maximum absolute atomic E-state index is 10.9. The van der Waals surface area contributed by atoms with Crippen molar-refractivity contribution in [1.29, 1.82) is 0 Å². The van der Waals surface area contributed by atoms with Crippen LogP contribution in [-0.2, 0) is 27.3 Å². The van der Waals surface area contributed by atoms with Gasteiger partial charge in [-0.25, -0.2) is 9.59 Å². The predicted octanol–water partition coefficient (Wildman–Crippen LogP) is 0.717. The number of furan rings is 1. The van der Waals surface area contributed by atoms with Gasteiger partial charge in [-0.1, -0.05) is 10.6 Å². The van der Waals surface area contributed by atoms with Crippen molar-refractivity contribution in [2.45, 2.75) is 13.2 Å². The van der Waals surface area contributed by atoms with Crippen LogP contribution in [0.5, 0.6) is 0 Å². The first kappa shape index (κ1) is 13.9. The fraction of sp³-hybridized carbons (Fsp3) is 0.250. The Morgan fingerprint density at radius 3 is 2.33 bits per heavy atom. The summed E-state index contributed by atoms with van der Waals surface area (Å²) in [5.41, 5.74) is 9.62. The highest BCUT2D eigenvalue weighted by atomic mass is 31.1. The van der Waals surface area contributed by atoms with E-state index in [0.717, 1.165) is 0 Å². The summed E-state index contributed by atoms with van der Waals surface area (Å²) in [4.78, 5) is 21.3. The smallest absolute Gasteiger partial charge is 0.459 e. The minimum Gasteiger partial charge on any atom is -0.459 e. The number of carbonyl (C=O) groups is 2. The van der Waals surface area contributed by atoms with Crippen molar-refractivity contribution in [3.8, 4) is 0 Å². The molecule has 1 aromatic heterocycles. The van der Waals surface area contributed by atoms with Crippen molar-refractivity contribution in [3.63, 3.8) is 0 Å². The zero-order chi connectivity index (χ0) is 13.5. The van der Waals surface area contributed by atoms with Crippen molar-refractivity contribution in [2.24, 2.45) is 11.2 Å². The monoisotopic (exact) mass is 276 g/mol. The van der Waals surface area contributed by atoms with Crippen LogP contribution in [-0.4, -0.2) is 12.2 Å². The Morgan fingerprint density at radius 2 is 1.83 bits per heavy atom. The maximum atomic E-state index is 10.9. The highest BCUT2D eigenvalue weighted by molar-refractivity contribution is 7.40. The third kappa shape index (κ3) is 5.28. The van der Waals surface area contributed by atoms with Gasteiger partial charge >= 0.3 is 20.3 Å². The summed E-state index contributed by atoms with van der Waals surface area (Å²) in [6, 6.07) is 3.05. The first-order valence-electron chi connectivity index (χ1n) is 4.62. The van der Waals surface area contributed by atoms with Crippen LogP contribution in [0.1, 0.15) is 11.5 Å². The molecule has 1 heterocycles. The van der Waals surface area contributed by atoms with E-state index >= 15 is 0 Å². The third-order valence-corrected chi connectivity index (χ3v) is 2.02. The summed E-state index contributed by atoms with van der Waals surface area (Å²) in [7, 11) is -2.30. The number of ether oxygens (including phenoxy) is 2. The molecule has 1 unspecified atom stereocenters. The molecule has 0 aromatic carbocycles. The van der Waals surface area contributed by atoms with Gasteiger partial charge < -0.3 is 19.6 Å². The molecule has 0 fully saturated rings. The molecule has 0 spiro atoms. The lowest BCUT2D eigenvalue weighted by Crippen LogP contribution is -2.18. The second-order valence-corrected chi connectivity index (χ2v) is 3.86. The number of carbonyl (C=O) groups excluding carboxylic acids is 2. The lowest BCUT2D eigenvalue weighted by molar-refractivity contribution is 0.128. The topological polar surface area (TPSA) is 147 Å². The first-order chi connectivity index (χ1) is 8.47. The zero-order valence-electron chi connectivity index (χ0n) is 9.12. The van der Waals surface area contributed by atoms with Gasteiger partial charge in [-0.3, -0.25) is 0 Å². The molecular weight excluding hydrogens is 265 g/mol. The molecule has 18 heavy (non-hydrogen) atoms. The molecule has 1 aromatic rings. The lowest BCUT2D eigenvalue weighted by atomic mass is 10.4. The lowest BCUT2D eigenvalue weighted by Gasteiger charge is -1.99. The van der Waals surface area contributed by atoms with E-state index in [1.807, 2.05) is 5.09 Å². The second-order valence-electron chi connectivity index (χ2n) is 2.99. The van der Waals surface area contributed by atoms with Crippen molar-refractivity contribution >= 4 is 20.3 Å². The summed E-state index contributed by atoms with van der Waals surface area (Å²) in [6.45, 7) is -0.290. The maximum Gasteiger partial charge on any atom is 0.564 e. The Labute approximate surface area is 102 Å². The van der Waals surface area contributed by atoms with Crippen LogP contribution in [0.3, 0.4) is 0 Å². The van der Waals surface area contributed by atoms with Crippen LogP contribution < -0.4 is 16.3 Å². The normalized spacial score (nSPS) is 10.6. The van der Waals surface area contributed by atoms with E-state index in [4.69, 9.17) is 15.7 Å². The fourth-order valence-corrected chi connectivity index (χ4v) is 1.22. The van der Waals surface area contributed by atoms with E-state index in [1.165, 1.54) is 12.1 Å². The molecule has 9 nitrogen and oxygen atoms in total. The van der Waals surface area contributed by atoms with E-state index in [2.05, 4.69) is 9.47 Å². The van der Waals surface area contributed by atoms with Gasteiger partial charge in [0.2, 0.25) is 0 Å². The van der Waals surface area contributed by atoms with Gasteiger partial charge in [0.15, 0.2) is 13.2 Å². The molecule has 0 radical (unpaired) electrons. The number of nitrogens with one attached hydrogen (secondary N) is 1. The molecule has 0 aliphatic heterocycles. The van der Waals surface area contributed by atoms with Gasteiger partial charge in [0.1, 0.15) is 11.5 Å². The van der Waals surface area contributed by atoms with Gasteiger partial charge in [0.05, 0.1) is 0 Å². The van der Waals surface area contributed by atoms with Crippen LogP contribution >= 0.6 is 8.10 Å². The van der Waals surface area contributed by atoms with Crippen LogP contribution in [0.4, 0.5) is 9.59 Å². The molecule has 1 atom stereocenters. The summed E-state index contributed by atoms with van der Waals surface area (Å²) in [5, 5.41) is 1.86. The molecular formula is C8H11N3O6P+. The highest BCUT2D eigenvalue weighted by Crippen LogP contribution is 2.11. The molecule has 0 aliphatic carbocycles. The summed E-state index contributed by atoms with van der Waals surface area (Å²) in [5.74, 6) is 0.665. The van der Waals surface area contributed by atoms with Gasteiger partial charge in [0, 0.05) is 0 Å². The summed E-state index contributed by atoms with van der Waals surface area (Å²) < 4.78 is 24.7. The minimum atomic E-state index is -2.30.